The van der Waals surface area contributed by atoms with Crippen LogP contribution in [0.2, 0.25) is 0 Å². The first-order valence-electron chi connectivity index (χ1n) is 6.97. The largest absolute Gasteiger partial charge is 0.360 e. The third-order valence-electron chi connectivity index (χ3n) is 4.10. The molecule has 3 rings (SSSR count). The summed E-state index contributed by atoms with van der Waals surface area (Å²) < 4.78 is 33.3. The lowest BCUT2D eigenvalue weighted by Gasteiger charge is -2.42. The Labute approximate surface area is 124 Å². The van der Waals surface area contributed by atoms with Gasteiger partial charge < -0.3 is 4.52 Å². The lowest BCUT2D eigenvalue weighted by Crippen LogP contribution is -2.50. The van der Waals surface area contributed by atoms with Crippen molar-refractivity contribution in [3.8, 4) is 0 Å². The molecule has 2 aromatic rings. The highest BCUT2D eigenvalue weighted by atomic mass is 32.2. The molecule has 0 radical (unpaired) electrons. The highest BCUT2D eigenvalue weighted by Gasteiger charge is 2.43. The summed E-state index contributed by atoms with van der Waals surface area (Å²) in [6, 6.07) is 9.72. The maximum atomic E-state index is 12.7. The summed E-state index contributed by atoms with van der Waals surface area (Å²) in [6.07, 6.45) is 2.62. The van der Waals surface area contributed by atoms with E-state index in [0.717, 1.165) is 24.8 Å². The van der Waals surface area contributed by atoms with E-state index < -0.39 is 15.6 Å². The molecule has 1 fully saturated rings. The Kier molecular flexibility index (Phi) is 3.37. The number of aromatic nitrogens is 1. The van der Waals surface area contributed by atoms with Gasteiger partial charge in [0, 0.05) is 0 Å². The van der Waals surface area contributed by atoms with Crippen LogP contribution in [0.3, 0.4) is 0 Å². The molecular weight excluding hydrogens is 288 g/mol. The topological polar surface area (TPSA) is 72.2 Å². The smallest absolute Gasteiger partial charge is 0.246 e. The molecule has 5 nitrogen and oxygen atoms in total. The molecule has 0 bridgehead atoms. The van der Waals surface area contributed by atoms with Crippen LogP contribution in [0.15, 0.2) is 39.8 Å². The minimum absolute atomic E-state index is 0.157. The van der Waals surface area contributed by atoms with E-state index in [2.05, 4.69) is 9.88 Å². The van der Waals surface area contributed by atoms with E-state index in [1.54, 1.807) is 13.8 Å². The number of benzene rings is 1. The fraction of sp³-hybridized carbons (Fsp3) is 0.400. The molecule has 6 heteroatoms. The number of nitrogens with one attached hydrogen (secondary N) is 1. The van der Waals surface area contributed by atoms with Crippen LogP contribution in [0.5, 0.6) is 0 Å². The summed E-state index contributed by atoms with van der Waals surface area (Å²) in [5.41, 5.74) is 0.894. The van der Waals surface area contributed by atoms with Gasteiger partial charge in [0.1, 0.15) is 10.6 Å². The molecule has 21 heavy (non-hydrogen) atoms. The highest BCUT2D eigenvalue weighted by Crippen LogP contribution is 2.42. The van der Waals surface area contributed by atoms with E-state index in [1.807, 2.05) is 30.3 Å². The number of hydrogen-bond donors (Lipinski definition) is 1. The van der Waals surface area contributed by atoms with Crippen molar-refractivity contribution in [1.29, 1.82) is 0 Å². The summed E-state index contributed by atoms with van der Waals surface area (Å²) >= 11 is 0. The van der Waals surface area contributed by atoms with Crippen molar-refractivity contribution in [1.82, 2.24) is 9.88 Å². The first-order valence-corrected chi connectivity index (χ1v) is 8.45. The first kappa shape index (κ1) is 14.3. The molecule has 1 aromatic heterocycles. The summed E-state index contributed by atoms with van der Waals surface area (Å²) in [4.78, 5) is 0.157. The fourth-order valence-corrected chi connectivity index (χ4v) is 4.68. The van der Waals surface area contributed by atoms with Gasteiger partial charge in [0.25, 0.3) is 0 Å². The van der Waals surface area contributed by atoms with Gasteiger partial charge in [0.2, 0.25) is 10.0 Å². The Morgan fingerprint density at radius 2 is 1.86 bits per heavy atom. The summed E-state index contributed by atoms with van der Waals surface area (Å²) in [5, 5.41) is 3.73. The van der Waals surface area contributed by atoms with Gasteiger partial charge in [-0.05, 0) is 38.7 Å². The maximum Gasteiger partial charge on any atom is 0.246 e. The van der Waals surface area contributed by atoms with Crippen molar-refractivity contribution in [2.75, 3.05) is 0 Å². The van der Waals surface area contributed by atoms with Crippen molar-refractivity contribution < 1.29 is 12.9 Å². The zero-order valence-electron chi connectivity index (χ0n) is 12.1. The zero-order valence-corrected chi connectivity index (χ0v) is 12.9. The Balaban J connectivity index is 1.98. The molecule has 0 amide bonds. The van der Waals surface area contributed by atoms with Gasteiger partial charge in [-0.2, -0.15) is 0 Å². The molecule has 0 aliphatic heterocycles. The lowest BCUT2D eigenvalue weighted by atomic mass is 9.73. The molecule has 1 aliphatic carbocycles. The molecule has 1 heterocycles. The number of sulfonamides is 1. The third kappa shape index (κ3) is 2.38. The highest BCUT2D eigenvalue weighted by molar-refractivity contribution is 7.89. The van der Waals surface area contributed by atoms with Crippen LogP contribution in [0, 0.1) is 13.8 Å². The minimum atomic E-state index is -3.65. The number of nitrogens with zero attached hydrogens (tertiary/aromatic N) is 1. The minimum Gasteiger partial charge on any atom is -0.360 e. The van der Waals surface area contributed by atoms with Crippen molar-refractivity contribution in [2.45, 2.75) is 43.5 Å². The van der Waals surface area contributed by atoms with Crippen LogP contribution in [0.1, 0.15) is 36.3 Å². The van der Waals surface area contributed by atoms with Gasteiger partial charge >= 0.3 is 0 Å². The summed E-state index contributed by atoms with van der Waals surface area (Å²) in [6.45, 7) is 3.26. The first-order chi connectivity index (χ1) is 9.95. The predicted molar refractivity (Wildman–Crippen MR) is 78.3 cm³/mol. The Morgan fingerprint density at radius 3 is 2.33 bits per heavy atom. The molecule has 112 valence electrons. The van der Waals surface area contributed by atoms with Gasteiger partial charge in [0.15, 0.2) is 5.76 Å². The monoisotopic (exact) mass is 306 g/mol. The van der Waals surface area contributed by atoms with Gasteiger partial charge in [-0.25, -0.2) is 13.1 Å². The van der Waals surface area contributed by atoms with Crippen LogP contribution in [-0.4, -0.2) is 13.6 Å². The quantitative estimate of drug-likeness (QED) is 0.942. The SMILES string of the molecule is Cc1noc(C)c1S(=O)(=O)NC1(c2ccccc2)CCC1. The number of hydrogen-bond acceptors (Lipinski definition) is 4. The number of aryl methyl sites for hydroxylation is 2. The van der Waals surface area contributed by atoms with Gasteiger partial charge in [-0.15, -0.1) is 0 Å². The van der Waals surface area contributed by atoms with Crippen molar-refractivity contribution in [3.05, 3.63) is 47.3 Å². The Bertz CT molecular complexity index is 727. The van der Waals surface area contributed by atoms with Crippen molar-refractivity contribution in [2.24, 2.45) is 0 Å². The molecule has 1 aromatic carbocycles. The van der Waals surface area contributed by atoms with Crippen LogP contribution >= 0.6 is 0 Å². The molecule has 1 saturated carbocycles. The van der Waals surface area contributed by atoms with Crippen LogP contribution < -0.4 is 4.72 Å². The van der Waals surface area contributed by atoms with E-state index in [-0.39, 0.29) is 4.90 Å². The molecular formula is C15H18N2O3S. The van der Waals surface area contributed by atoms with E-state index in [1.165, 1.54) is 0 Å². The van der Waals surface area contributed by atoms with E-state index in [9.17, 15) is 8.42 Å². The van der Waals surface area contributed by atoms with Gasteiger partial charge in [-0.3, -0.25) is 0 Å². The maximum absolute atomic E-state index is 12.7. The second-order valence-electron chi connectivity index (χ2n) is 5.56. The van der Waals surface area contributed by atoms with E-state index >= 15 is 0 Å². The second kappa shape index (κ2) is 4.96. The molecule has 0 unspecified atom stereocenters. The van der Waals surface area contributed by atoms with E-state index in [4.69, 9.17) is 4.52 Å². The zero-order chi connectivity index (χ0) is 15.1. The Morgan fingerprint density at radius 1 is 1.19 bits per heavy atom. The normalized spacial score (nSPS) is 17.4. The summed E-state index contributed by atoms with van der Waals surface area (Å²) in [7, 11) is -3.65. The second-order valence-corrected chi connectivity index (χ2v) is 7.18. The van der Waals surface area contributed by atoms with Crippen molar-refractivity contribution >= 4 is 10.0 Å². The standard InChI is InChI=1S/C15H18N2O3S/c1-11-14(12(2)20-16-11)21(18,19)17-15(9-6-10-15)13-7-4-3-5-8-13/h3-5,7-8,17H,6,9-10H2,1-2H3. The third-order valence-corrected chi connectivity index (χ3v) is 5.88. The van der Waals surface area contributed by atoms with Crippen LogP contribution in [0.25, 0.3) is 0 Å². The number of rotatable bonds is 4. The summed E-state index contributed by atoms with van der Waals surface area (Å²) in [5.74, 6) is 0.322. The van der Waals surface area contributed by atoms with E-state index in [0.29, 0.717) is 11.5 Å². The molecule has 0 spiro atoms. The molecule has 0 saturated heterocycles. The fourth-order valence-electron chi connectivity index (χ4n) is 2.90. The molecule has 1 N–H and O–H groups in total. The molecule has 1 aliphatic rings. The average molecular weight is 306 g/mol. The average Bonchev–Trinajstić information content (AvgIpc) is 2.75. The van der Waals surface area contributed by atoms with Gasteiger partial charge in [-0.1, -0.05) is 35.5 Å². The lowest BCUT2D eigenvalue weighted by molar-refractivity contribution is 0.224. The Hall–Kier alpha value is -1.66. The van der Waals surface area contributed by atoms with Crippen molar-refractivity contribution in [3.63, 3.8) is 0 Å². The van der Waals surface area contributed by atoms with Crippen LogP contribution in [-0.2, 0) is 15.6 Å². The van der Waals surface area contributed by atoms with Gasteiger partial charge in [0.05, 0.1) is 5.54 Å². The van der Waals surface area contributed by atoms with Crippen LogP contribution in [0.4, 0.5) is 0 Å². The molecule has 0 atom stereocenters. The predicted octanol–water partition coefficient (Wildman–Crippen LogP) is 2.65.